The van der Waals surface area contributed by atoms with Crippen LogP contribution in [-0.4, -0.2) is 39.8 Å². The zero-order valence-corrected chi connectivity index (χ0v) is 18.9. The predicted molar refractivity (Wildman–Crippen MR) is 128 cm³/mol. The van der Waals surface area contributed by atoms with E-state index in [1.165, 1.54) is 28.5 Å². The van der Waals surface area contributed by atoms with Crippen LogP contribution in [0, 0.1) is 12.8 Å². The molecule has 1 N–H and O–H groups in total. The smallest absolute Gasteiger partial charge is 0.261 e. The molecule has 0 unspecified atom stereocenters. The third kappa shape index (κ3) is 4.31. The van der Waals surface area contributed by atoms with Crippen LogP contribution >= 0.6 is 11.3 Å². The molecule has 5 rings (SSSR count). The van der Waals surface area contributed by atoms with E-state index in [1.54, 1.807) is 4.40 Å². The number of likely N-dealkylation sites (tertiary alicyclic amines) is 1. The minimum atomic E-state index is -0.220. The molecule has 32 heavy (non-hydrogen) atoms. The van der Waals surface area contributed by atoms with Gasteiger partial charge in [-0.05, 0) is 56.5 Å². The van der Waals surface area contributed by atoms with Crippen LogP contribution in [0.15, 0.2) is 59.4 Å². The molecule has 1 aliphatic rings. The van der Waals surface area contributed by atoms with Crippen molar-refractivity contribution in [1.82, 2.24) is 19.6 Å². The summed E-state index contributed by atoms with van der Waals surface area (Å²) in [6.45, 7) is 5.80. The van der Waals surface area contributed by atoms with Crippen molar-refractivity contribution in [3.63, 3.8) is 0 Å². The van der Waals surface area contributed by atoms with Crippen molar-refractivity contribution < 1.29 is 4.79 Å². The number of piperidine rings is 1. The minimum Gasteiger partial charge on any atom is -0.351 e. The van der Waals surface area contributed by atoms with E-state index in [1.807, 2.05) is 24.3 Å². The summed E-state index contributed by atoms with van der Waals surface area (Å²) < 4.78 is 1.57. The first-order valence-electron chi connectivity index (χ1n) is 11.0. The van der Waals surface area contributed by atoms with Crippen LogP contribution in [0.1, 0.15) is 33.6 Å². The lowest BCUT2D eigenvalue weighted by Gasteiger charge is -2.32. The van der Waals surface area contributed by atoms with Gasteiger partial charge in [-0.25, -0.2) is 4.98 Å². The van der Waals surface area contributed by atoms with Crippen LogP contribution in [-0.2, 0) is 6.54 Å². The molecule has 1 aliphatic heterocycles. The Morgan fingerprint density at radius 3 is 2.66 bits per heavy atom. The average molecular weight is 447 g/mol. The highest BCUT2D eigenvalue weighted by Crippen LogP contribution is 2.21. The van der Waals surface area contributed by atoms with Crippen molar-refractivity contribution in [2.24, 2.45) is 5.92 Å². The van der Waals surface area contributed by atoms with Gasteiger partial charge in [0, 0.05) is 19.2 Å². The lowest BCUT2D eigenvalue weighted by Crippen LogP contribution is -2.38. The molecule has 0 spiro atoms. The van der Waals surface area contributed by atoms with E-state index in [9.17, 15) is 9.59 Å². The van der Waals surface area contributed by atoms with E-state index >= 15 is 0 Å². The number of hydrogen-bond donors (Lipinski definition) is 1. The normalized spacial score (nSPS) is 15.4. The summed E-state index contributed by atoms with van der Waals surface area (Å²) in [5, 5.41) is 3.04. The summed E-state index contributed by atoms with van der Waals surface area (Å²) in [5.41, 5.74) is 3.94. The number of benzene rings is 2. The van der Waals surface area contributed by atoms with Gasteiger partial charge in [-0.2, -0.15) is 0 Å². The third-order valence-corrected chi connectivity index (χ3v) is 7.19. The van der Waals surface area contributed by atoms with Gasteiger partial charge in [0.15, 0.2) is 4.96 Å². The molecule has 2 aromatic heterocycles. The molecule has 0 atom stereocenters. The van der Waals surface area contributed by atoms with Crippen LogP contribution in [0.4, 0.5) is 0 Å². The molecule has 1 saturated heterocycles. The van der Waals surface area contributed by atoms with Gasteiger partial charge >= 0.3 is 0 Å². The second kappa shape index (κ2) is 8.84. The van der Waals surface area contributed by atoms with Gasteiger partial charge in [-0.3, -0.25) is 18.9 Å². The second-order valence-corrected chi connectivity index (χ2v) is 9.59. The number of carbonyl (C=O) groups is 1. The number of nitrogens with zero attached hydrogens (tertiary/aromatic N) is 3. The summed E-state index contributed by atoms with van der Waals surface area (Å²) in [6.07, 6.45) is 2.13. The highest BCUT2D eigenvalue weighted by Gasteiger charge is 2.21. The highest BCUT2D eigenvalue weighted by molar-refractivity contribution is 7.18. The van der Waals surface area contributed by atoms with Crippen LogP contribution in [0.2, 0.25) is 0 Å². The highest BCUT2D eigenvalue weighted by atomic mass is 32.1. The number of carbonyl (C=O) groups excluding carboxylic acids is 1. The Labute approximate surface area is 190 Å². The van der Waals surface area contributed by atoms with E-state index < -0.39 is 0 Å². The van der Waals surface area contributed by atoms with Crippen molar-refractivity contribution in [3.8, 4) is 0 Å². The van der Waals surface area contributed by atoms with E-state index in [2.05, 4.69) is 46.4 Å². The van der Waals surface area contributed by atoms with Crippen LogP contribution in [0.5, 0.6) is 0 Å². The lowest BCUT2D eigenvalue weighted by molar-refractivity contribution is 0.0939. The molecular weight excluding hydrogens is 420 g/mol. The van der Waals surface area contributed by atoms with E-state index in [0.29, 0.717) is 22.3 Å². The summed E-state index contributed by atoms with van der Waals surface area (Å²) in [7, 11) is 0. The molecule has 0 bridgehead atoms. The summed E-state index contributed by atoms with van der Waals surface area (Å²) in [5.74, 6) is 0.270. The first kappa shape index (κ1) is 20.8. The van der Waals surface area contributed by atoms with Crippen molar-refractivity contribution >= 4 is 33.2 Å². The molecule has 0 aliphatic carbocycles. The van der Waals surface area contributed by atoms with Crippen molar-refractivity contribution in [1.29, 1.82) is 0 Å². The first-order valence-corrected chi connectivity index (χ1v) is 11.9. The molecule has 7 heteroatoms. The molecule has 2 aromatic carbocycles. The van der Waals surface area contributed by atoms with Gasteiger partial charge in [0.05, 0.1) is 11.0 Å². The predicted octanol–water partition coefficient (Wildman–Crippen LogP) is 3.86. The van der Waals surface area contributed by atoms with E-state index in [4.69, 9.17) is 0 Å². The zero-order chi connectivity index (χ0) is 22.1. The number of imidazole rings is 1. The summed E-state index contributed by atoms with van der Waals surface area (Å²) in [4.78, 5) is 33.3. The number of rotatable bonds is 5. The Bertz CT molecular complexity index is 1320. The maximum absolute atomic E-state index is 12.7. The fraction of sp³-hybridized carbons (Fsp3) is 0.320. The minimum absolute atomic E-state index is 0.191. The van der Waals surface area contributed by atoms with Gasteiger partial charge < -0.3 is 5.32 Å². The monoisotopic (exact) mass is 446 g/mol. The quantitative estimate of drug-likeness (QED) is 0.506. The lowest BCUT2D eigenvalue weighted by atomic mass is 9.96. The maximum Gasteiger partial charge on any atom is 0.261 e. The van der Waals surface area contributed by atoms with E-state index in [0.717, 1.165) is 43.5 Å². The number of hydrogen-bond acceptors (Lipinski definition) is 5. The molecular formula is C25H26N4O2S. The SMILES string of the molecule is Cc1ccc(CN2CCC(CNC(=O)c3cc(=O)n4c(nc5ccccc54)s3)CC2)cc1. The van der Waals surface area contributed by atoms with Crippen molar-refractivity contribution in [3.05, 3.63) is 81.0 Å². The Morgan fingerprint density at radius 2 is 1.88 bits per heavy atom. The molecule has 164 valence electrons. The average Bonchev–Trinajstić information content (AvgIpc) is 3.19. The van der Waals surface area contributed by atoms with Gasteiger partial charge in [-0.15, -0.1) is 0 Å². The molecule has 3 heterocycles. The molecule has 4 aromatic rings. The number of nitrogens with one attached hydrogen (secondary N) is 1. The molecule has 6 nitrogen and oxygen atoms in total. The molecule has 0 saturated carbocycles. The van der Waals surface area contributed by atoms with Crippen LogP contribution < -0.4 is 10.9 Å². The van der Waals surface area contributed by atoms with Crippen molar-refractivity contribution in [2.75, 3.05) is 19.6 Å². The number of fused-ring (bicyclic) bond motifs is 3. The zero-order valence-electron chi connectivity index (χ0n) is 18.1. The summed E-state index contributed by atoms with van der Waals surface area (Å²) >= 11 is 1.26. The van der Waals surface area contributed by atoms with Gasteiger partial charge in [0.1, 0.15) is 4.88 Å². The Balaban J connectivity index is 1.18. The van der Waals surface area contributed by atoms with Crippen molar-refractivity contribution in [2.45, 2.75) is 26.3 Å². The number of aromatic nitrogens is 2. The van der Waals surface area contributed by atoms with Gasteiger partial charge in [0.25, 0.3) is 11.5 Å². The van der Waals surface area contributed by atoms with Crippen LogP contribution in [0.25, 0.3) is 16.0 Å². The third-order valence-electron chi connectivity index (χ3n) is 6.22. The Morgan fingerprint density at radius 1 is 1.12 bits per heavy atom. The van der Waals surface area contributed by atoms with Crippen LogP contribution in [0.3, 0.4) is 0 Å². The second-order valence-electron chi connectivity index (χ2n) is 8.58. The standard InChI is InChI=1S/C25H26N4O2S/c1-17-6-8-19(9-7-17)16-28-12-10-18(11-13-28)15-26-24(31)22-14-23(30)29-21-5-3-2-4-20(21)27-25(29)32-22/h2-9,14,18H,10-13,15-16H2,1H3,(H,26,31). The molecule has 1 amide bonds. The Kier molecular flexibility index (Phi) is 5.76. The first-order chi connectivity index (χ1) is 15.6. The van der Waals surface area contributed by atoms with Gasteiger partial charge in [-0.1, -0.05) is 53.3 Å². The number of amides is 1. The molecule has 1 fully saturated rings. The Hall–Kier alpha value is -3.03. The topological polar surface area (TPSA) is 66.7 Å². The number of aryl methyl sites for hydroxylation is 1. The van der Waals surface area contributed by atoms with E-state index in [-0.39, 0.29) is 11.5 Å². The summed E-state index contributed by atoms with van der Waals surface area (Å²) in [6, 6.07) is 17.7. The largest absolute Gasteiger partial charge is 0.351 e. The molecule has 0 radical (unpaired) electrons. The fourth-order valence-corrected chi connectivity index (χ4v) is 5.27. The maximum atomic E-state index is 12.7. The van der Waals surface area contributed by atoms with Gasteiger partial charge in [0.2, 0.25) is 0 Å². The fourth-order valence-electron chi connectivity index (χ4n) is 4.33. The number of para-hydroxylation sites is 2.